The minimum Gasteiger partial charge on any atom is -0.439 e. The normalized spacial score (nSPS) is 10.4. The lowest BCUT2D eigenvalue weighted by molar-refractivity contribution is -0.384. The number of rotatable bonds is 5. The summed E-state index contributed by atoms with van der Waals surface area (Å²) in [6, 6.07) is 5.79. The van der Waals surface area contributed by atoms with Crippen LogP contribution in [0.15, 0.2) is 24.3 Å². The standard InChI is InChI=1S/C14H14ClN3O3/c1-3-4-12-16-13(15)9(2)14(17-12)21-11-7-5-10(6-8-11)18(19)20/h5-8H,3-4H2,1-2H3. The zero-order chi connectivity index (χ0) is 15.4. The molecule has 0 fully saturated rings. The van der Waals surface area contributed by atoms with E-state index >= 15 is 0 Å². The Balaban J connectivity index is 2.27. The second-order valence-electron chi connectivity index (χ2n) is 4.46. The van der Waals surface area contributed by atoms with Gasteiger partial charge >= 0.3 is 0 Å². The molecule has 110 valence electrons. The molecular formula is C14H14ClN3O3. The maximum Gasteiger partial charge on any atom is 0.269 e. The maximum atomic E-state index is 10.6. The van der Waals surface area contributed by atoms with Crippen LogP contribution in [0.4, 0.5) is 5.69 Å². The van der Waals surface area contributed by atoms with Crippen molar-refractivity contribution in [2.45, 2.75) is 26.7 Å². The van der Waals surface area contributed by atoms with Gasteiger partial charge in [0.25, 0.3) is 5.69 Å². The van der Waals surface area contributed by atoms with Gasteiger partial charge in [0.05, 0.1) is 4.92 Å². The summed E-state index contributed by atoms with van der Waals surface area (Å²) in [6.07, 6.45) is 1.60. The van der Waals surface area contributed by atoms with Crippen LogP contribution >= 0.6 is 11.6 Å². The Morgan fingerprint density at radius 1 is 1.29 bits per heavy atom. The van der Waals surface area contributed by atoms with E-state index in [-0.39, 0.29) is 5.69 Å². The van der Waals surface area contributed by atoms with Crippen LogP contribution in [0.1, 0.15) is 24.7 Å². The predicted octanol–water partition coefficient (Wildman–Crippen LogP) is 4.09. The highest BCUT2D eigenvalue weighted by molar-refractivity contribution is 6.30. The summed E-state index contributed by atoms with van der Waals surface area (Å²) < 4.78 is 5.65. The van der Waals surface area contributed by atoms with Crippen LogP contribution in [0.2, 0.25) is 5.15 Å². The van der Waals surface area contributed by atoms with Crippen molar-refractivity contribution in [1.82, 2.24) is 9.97 Å². The Kier molecular flexibility index (Phi) is 4.70. The first-order chi connectivity index (χ1) is 10.0. The van der Waals surface area contributed by atoms with Gasteiger partial charge in [-0.3, -0.25) is 10.1 Å². The molecule has 0 spiro atoms. The summed E-state index contributed by atoms with van der Waals surface area (Å²) in [6.45, 7) is 3.78. The van der Waals surface area contributed by atoms with Crippen molar-refractivity contribution < 1.29 is 9.66 Å². The SMILES string of the molecule is CCCc1nc(Cl)c(C)c(Oc2ccc([N+](=O)[O-])cc2)n1. The van der Waals surface area contributed by atoms with Crippen molar-refractivity contribution in [3.8, 4) is 11.6 Å². The first-order valence-corrected chi connectivity index (χ1v) is 6.84. The van der Waals surface area contributed by atoms with E-state index in [1.807, 2.05) is 6.92 Å². The monoisotopic (exact) mass is 307 g/mol. The van der Waals surface area contributed by atoms with Crippen molar-refractivity contribution in [1.29, 1.82) is 0 Å². The van der Waals surface area contributed by atoms with Crippen LogP contribution in [-0.2, 0) is 6.42 Å². The summed E-state index contributed by atoms with van der Waals surface area (Å²) in [4.78, 5) is 18.7. The van der Waals surface area contributed by atoms with Gasteiger partial charge in [-0.05, 0) is 25.5 Å². The maximum absolute atomic E-state index is 10.6. The van der Waals surface area contributed by atoms with Crippen LogP contribution in [0, 0.1) is 17.0 Å². The van der Waals surface area contributed by atoms with Gasteiger partial charge in [-0.2, -0.15) is 4.98 Å². The molecular weight excluding hydrogens is 294 g/mol. The molecule has 0 aliphatic rings. The molecule has 1 heterocycles. The number of nitro benzene ring substituents is 1. The largest absolute Gasteiger partial charge is 0.439 e. The van der Waals surface area contributed by atoms with Crippen LogP contribution < -0.4 is 4.74 Å². The number of hydrogen-bond donors (Lipinski definition) is 0. The van der Waals surface area contributed by atoms with Gasteiger partial charge in [0.2, 0.25) is 5.88 Å². The number of nitro groups is 1. The first-order valence-electron chi connectivity index (χ1n) is 6.46. The van der Waals surface area contributed by atoms with Gasteiger partial charge in [0.1, 0.15) is 16.7 Å². The predicted molar refractivity (Wildman–Crippen MR) is 78.9 cm³/mol. The summed E-state index contributed by atoms with van der Waals surface area (Å²) in [5.74, 6) is 1.44. The van der Waals surface area contributed by atoms with E-state index in [4.69, 9.17) is 16.3 Å². The molecule has 0 atom stereocenters. The molecule has 0 saturated carbocycles. The highest BCUT2D eigenvalue weighted by Crippen LogP contribution is 2.28. The third kappa shape index (κ3) is 3.66. The van der Waals surface area contributed by atoms with E-state index in [1.54, 1.807) is 6.92 Å². The highest BCUT2D eigenvalue weighted by atomic mass is 35.5. The van der Waals surface area contributed by atoms with Crippen molar-refractivity contribution in [2.75, 3.05) is 0 Å². The fraction of sp³-hybridized carbons (Fsp3) is 0.286. The minimum atomic E-state index is -0.462. The zero-order valence-corrected chi connectivity index (χ0v) is 12.4. The molecule has 0 unspecified atom stereocenters. The fourth-order valence-corrected chi connectivity index (χ4v) is 1.87. The average Bonchev–Trinajstić information content (AvgIpc) is 2.45. The topological polar surface area (TPSA) is 78.2 Å². The van der Waals surface area contributed by atoms with E-state index in [0.717, 1.165) is 6.42 Å². The lowest BCUT2D eigenvalue weighted by Gasteiger charge is -2.10. The zero-order valence-electron chi connectivity index (χ0n) is 11.7. The van der Waals surface area contributed by atoms with Crippen molar-refractivity contribution >= 4 is 17.3 Å². The number of hydrogen-bond acceptors (Lipinski definition) is 5. The average molecular weight is 308 g/mol. The third-order valence-electron chi connectivity index (χ3n) is 2.82. The molecule has 2 rings (SSSR count). The van der Waals surface area contributed by atoms with Crippen LogP contribution in [0.25, 0.3) is 0 Å². The summed E-state index contributed by atoms with van der Waals surface area (Å²) in [7, 11) is 0. The second kappa shape index (κ2) is 6.49. The number of ether oxygens (including phenoxy) is 1. The molecule has 7 heteroatoms. The number of aromatic nitrogens is 2. The van der Waals surface area contributed by atoms with Crippen LogP contribution in [0.5, 0.6) is 11.6 Å². The molecule has 21 heavy (non-hydrogen) atoms. The van der Waals surface area contributed by atoms with Gasteiger partial charge in [-0.1, -0.05) is 18.5 Å². The molecule has 6 nitrogen and oxygen atoms in total. The quantitative estimate of drug-likeness (QED) is 0.472. The molecule has 0 aliphatic carbocycles. The Bertz CT molecular complexity index is 659. The lowest BCUT2D eigenvalue weighted by atomic mass is 10.3. The molecule has 2 aromatic rings. The van der Waals surface area contributed by atoms with Gasteiger partial charge in [0.15, 0.2) is 0 Å². The van der Waals surface area contributed by atoms with Crippen molar-refractivity contribution in [2.24, 2.45) is 0 Å². The van der Waals surface area contributed by atoms with E-state index < -0.39 is 4.92 Å². The Labute approximate surface area is 126 Å². The molecule has 0 bridgehead atoms. The summed E-state index contributed by atoms with van der Waals surface area (Å²) >= 11 is 6.07. The Morgan fingerprint density at radius 2 is 1.95 bits per heavy atom. The molecule has 0 radical (unpaired) electrons. The number of benzene rings is 1. The van der Waals surface area contributed by atoms with E-state index in [2.05, 4.69) is 9.97 Å². The minimum absolute atomic E-state index is 0.00599. The second-order valence-corrected chi connectivity index (χ2v) is 4.82. The highest BCUT2D eigenvalue weighted by Gasteiger charge is 2.12. The Morgan fingerprint density at radius 3 is 2.52 bits per heavy atom. The fourth-order valence-electron chi connectivity index (χ4n) is 1.69. The first kappa shape index (κ1) is 15.2. The smallest absolute Gasteiger partial charge is 0.269 e. The Hall–Kier alpha value is -2.21. The number of aryl methyl sites for hydroxylation is 1. The number of non-ortho nitro benzene ring substituents is 1. The van der Waals surface area contributed by atoms with Crippen molar-refractivity contribution in [3.63, 3.8) is 0 Å². The van der Waals surface area contributed by atoms with Crippen LogP contribution in [-0.4, -0.2) is 14.9 Å². The van der Waals surface area contributed by atoms with Crippen molar-refractivity contribution in [3.05, 3.63) is 50.9 Å². The number of nitrogens with zero attached hydrogens (tertiary/aromatic N) is 3. The molecule has 0 amide bonds. The molecule has 0 aliphatic heterocycles. The summed E-state index contributed by atoms with van der Waals surface area (Å²) in [5, 5.41) is 11.0. The van der Waals surface area contributed by atoms with E-state index in [0.29, 0.717) is 34.6 Å². The number of halogens is 1. The lowest BCUT2D eigenvalue weighted by Crippen LogP contribution is -2.01. The van der Waals surface area contributed by atoms with Crippen LogP contribution in [0.3, 0.4) is 0 Å². The molecule has 1 aromatic heterocycles. The molecule has 0 N–H and O–H groups in total. The van der Waals surface area contributed by atoms with Gasteiger partial charge in [0, 0.05) is 24.1 Å². The van der Waals surface area contributed by atoms with E-state index in [9.17, 15) is 10.1 Å². The van der Waals surface area contributed by atoms with Gasteiger partial charge in [-0.25, -0.2) is 4.98 Å². The summed E-state index contributed by atoms with van der Waals surface area (Å²) in [5.41, 5.74) is 0.640. The molecule has 1 aromatic carbocycles. The third-order valence-corrected chi connectivity index (χ3v) is 3.19. The molecule has 0 saturated heterocycles. The van der Waals surface area contributed by atoms with Gasteiger partial charge < -0.3 is 4.74 Å². The van der Waals surface area contributed by atoms with E-state index in [1.165, 1.54) is 24.3 Å². The van der Waals surface area contributed by atoms with Gasteiger partial charge in [-0.15, -0.1) is 0 Å².